The highest BCUT2D eigenvalue weighted by atomic mass is 16.2. The Morgan fingerprint density at radius 1 is 1.17 bits per heavy atom. The van der Waals surface area contributed by atoms with E-state index in [-0.39, 0.29) is 18.0 Å². The van der Waals surface area contributed by atoms with E-state index in [0.717, 1.165) is 41.9 Å². The summed E-state index contributed by atoms with van der Waals surface area (Å²) in [7, 11) is 0. The lowest BCUT2D eigenvalue weighted by molar-refractivity contribution is -0.127. The SMILES string of the molecule is CC(C)n1cnc2c1[C@@H](C(=O)NCCc1ccncc1)N(Cc1cccnc1)CC2. The van der Waals surface area contributed by atoms with E-state index in [9.17, 15) is 4.79 Å². The summed E-state index contributed by atoms with van der Waals surface area (Å²) in [6.07, 6.45) is 10.7. The zero-order valence-electron chi connectivity index (χ0n) is 17.5. The van der Waals surface area contributed by atoms with Crippen molar-refractivity contribution in [2.75, 3.05) is 13.1 Å². The fourth-order valence-corrected chi connectivity index (χ4v) is 4.03. The standard InChI is InChI=1S/C23H28N6O/c1-17(2)29-16-27-20-8-13-28(15-19-4-3-9-25-14-19)22(21(20)29)23(30)26-12-7-18-5-10-24-11-6-18/h3-6,9-11,14,16-17,22H,7-8,12-13,15H2,1-2H3,(H,26,30)/t22-/m0/s1. The largest absolute Gasteiger partial charge is 0.354 e. The first kappa shape index (κ1) is 20.2. The predicted octanol–water partition coefficient (Wildman–Crippen LogP) is 2.71. The summed E-state index contributed by atoms with van der Waals surface area (Å²) in [5, 5.41) is 3.16. The molecule has 0 spiro atoms. The normalized spacial score (nSPS) is 16.4. The van der Waals surface area contributed by atoms with Crippen molar-refractivity contribution in [2.24, 2.45) is 0 Å². The predicted molar refractivity (Wildman–Crippen MR) is 115 cm³/mol. The van der Waals surface area contributed by atoms with E-state index in [4.69, 9.17) is 0 Å². The van der Waals surface area contributed by atoms with Gasteiger partial charge in [-0.1, -0.05) is 6.07 Å². The highest BCUT2D eigenvalue weighted by Gasteiger charge is 2.36. The van der Waals surface area contributed by atoms with Gasteiger partial charge in [-0.25, -0.2) is 4.98 Å². The number of nitrogens with one attached hydrogen (secondary N) is 1. The Balaban J connectivity index is 1.56. The Labute approximate surface area is 177 Å². The van der Waals surface area contributed by atoms with Crippen LogP contribution in [0.5, 0.6) is 0 Å². The molecule has 0 saturated carbocycles. The van der Waals surface area contributed by atoms with Crippen LogP contribution in [-0.2, 0) is 24.2 Å². The molecule has 0 unspecified atom stereocenters. The van der Waals surface area contributed by atoms with Crippen LogP contribution in [0, 0.1) is 0 Å². The third-order valence-corrected chi connectivity index (χ3v) is 5.55. The topological polar surface area (TPSA) is 75.9 Å². The zero-order chi connectivity index (χ0) is 20.9. The molecule has 0 radical (unpaired) electrons. The summed E-state index contributed by atoms with van der Waals surface area (Å²) in [4.78, 5) is 28.5. The second kappa shape index (κ2) is 9.17. The van der Waals surface area contributed by atoms with Crippen molar-refractivity contribution in [1.29, 1.82) is 0 Å². The summed E-state index contributed by atoms with van der Waals surface area (Å²) >= 11 is 0. The molecule has 156 valence electrons. The maximum Gasteiger partial charge on any atom is 0.243 e. The van der Waals surface area contributed by atoms with Gasteiger partial charge >= 0.3 is 0 Å². The maximum absolute atomic E-state index is 13.4. The Morgan fingerprint density at radius 3 is 2.73 bits per heavy atom. The van der Waals surface area contributed by atoms with Gasteiger partial charge < -0.3 is 9.88 Å². The molecule has 7 nitrogen and oxygen atoms in total. The number of amides is 1. The average molecular weight is 405 g/mol. The molecule has 1 aliphatic rings. The van der Waals surface area contributed by atoms with Crippen molar-refractivity contribution in [3.63, 3.8) is 0 Å². The zero-order valence-corrected chi connectivity index (χ0v) is 17.5. The van der Waals surface area contributed by atoms with Crippen molar-refractivity contribution in [1.82, 2.24) is 29.7 Å². The number of carbonyl (C=O) groups is 1. The second-order valence-corrected chi connectivity index (χ2v) is 7.96. The van der Waals surface area contributed by atoms with Gasteiger partial charge in [0.05, 0.1) is 17.7 Å². The van der Waals surface area contributed by atoms with Gasteiger partial charge in [0.2, 0.25) is 5.91 Å². The quantitative estimate of drug-likeness (QED) is 0.655. The number of fused-ring (bicyclic) bond motifs is 1. The van der Waals surface area contributed by atoms with E-state index in [1.165, 1.54) is 0 Å². The van der Waals surface area contributed by atoms with E-state index in [1.54, 1.807) is 18.6 Å². The first-order valence-electron chi connectivity index (χ1n) is 10.5. The molecule has 1 atom stereocenters. The number of carbonyl (C=O) groups excluding carboxylic acids is 1. The third kappa shape index (κ3) is 4.41. The summed E-state index contributed by atoms with van der Waals surface area (Å²) < 4.78 is 2.14. The molecule has 0 bridgehead atoms. The van der Waals surface area contributed by atoms with Gasteiger partial charge in [0.15, 0.2) is 0 Å². The smallest absolute Gasteiger partial charge is 0.243 e. The average Bonchev–Trinajstić information content (AvgIpc) is 3.19. The Bertz CT molecular complexity index is 970. The van der Waals surface area contributed by atoms with Crippen molar-refractivity contribution in [3.05, 3.63) is 77.9 Å². The molecule has 0 saturated heterocycles. The van der Waals surface area contributed by atoms with Gasteiger partial charge in [0, 0.05) is 56.9 Å². The second-order valence-electron chi connectivity index (χ2n) is 7.96. The van der Waals surface area contributed by atoms with Crippen LogP contribution in [0.15, 0.2) is 55.4 Å². The molecular weight excluding hydrogens is 376 g/mol. The summed E-state index contributed by atoms with van der Waals surface area (Å²) in [6, 6.07) is 7.83. The molecule has 1 aliphatic heterocycles. The van der Waals surface area contributed by atoms with Gasteiger partial charge in [-0.3, -0.25) is 19.7 Å². The summed E-state index contributed by atoms with van der Waals surface area (Å²) in [5.74, 6) is 0.0243. The molecule has 0 fully saturated rings. The lowest BCUT2D eigenvalue weighted by Gasteiger charge is -2.35. The molecule has 0 aromatic carbocycles. The highest BCUT2D eigenvalue weighted by Crippen LogP contribution is 2.32. The molecule has 1 amide bonds. The number of rotatable bonds is 7. The number of imidazole rings is 1. The fourth-order valence-electron chi connectivity index (χ4n) is 4.03. The molecule has 1 N–H and O–H groups in total. The van der Waals surface area contributed by atoms with Gasteiger partial charge in [-0.15, -0.1) is 0 Å². The van der Waals surface area contributed by atoms with Gasteiger partial charge in [-0.05, 0) is 49.6 Å². The monoisotopic (exact) mass is 404 g/mol. The number of hydrogen-bond donors (Lipinski definition) is 1. The Hall–Kier alpha value is -3.06. The number of pyridine rings is 2. The van der Waals surface area contributed by atoms with Crippen molar-refractivity contribution >= 4 is 5.91 Å². The Morgan fingerprint density at radius 2 is 2.00 bits per heavy atom. The molecule has 0 aliphatic carbocycles. The van der Waals surface area contributed by atoms with Gasteiger partial charge in [0.25, 0.3) is 0 Å². The number of nitrogens with zero attached hydrogens (tertiary/aromatic N) is 5. The van der Waals surface area contributed by atoms with Crippen LogP contribution in [0.2, 0.25) is 0 Å². The van der Waals surface area contributed by atoms with Crippen LogP contribution in [0.3, 0.4) is 0 Å². The minimum Gasteiger partial charge on any atom is -0.354 e. The van der Waals surface area contributed by atoms with Crippen molar-refractivity contribution in [2.45, 2.75) is 45.3 Å². The molecular formula is C23H28N6O. The van der Waals surface area contributed by atoms with Crippen LogP contribution in [0.1, 0.15) is 48.4 Å². The minimum absolute atomic E-state index is 0.0243. The van der Waals surface area contributed by atoms with Crippen LogP contribution in [0.4, 0.5) is 0 Å². The van der Waals surface area contributed by atoms with E-state index >= 15 is 0 Å². The molecule has 30 heavy (non-hydrogen) atoms. The number of hydrogen-bond acceptors (Lipinski definition) is 5. The minimum atomic E-state index is -0.365. The molecule has 4 heterocycles. The third-order valence-electron chi connectivity index (χ3n) is 5.55. The molecule has 3 aromatic rings. The van der Waals surface area contributed by atoms with Crippen LogP contribution >= 0.6 is 0 Å². The van der Waals surface area contributed by atoms with E-state index in [0.29, 0.717) is 13.1 Å². The van der Waals surface area contributed by atoms with E-state index in [2.05, 4.69) is 49.6 Å². The van der Waals surface area contributed by atoms with Crippen molar-refractivity contribution < 1.29 is 4.79 Å². The first-order valence-corrected chi connectivity index (χ1v) is 10.5. The van der Waals surface area contributed by atoms with Crippen LogP contribution in [-0.4, -0.2) is 43.4 Å². The first-order chi connectivity index (χ1) is 14.6. The molecule has 4 rings (SSSR count). The van der Waals surface area contributed by atoms with Crippen LogP contribution < -0.4 is 5.32 Å². The van der Waals surface area contributed by atoms with Gasteiger partial charge in [-0.2, -0.15) is 0 Å². The lowest BCUT2D eigenvalue weighted by atomic mass is 10.00. The summed E-state index contributed by atoms with van der Waals surface area (Å²) in [6.45, 7) is 6.31. The lowest BCUT2D eigenvalue weighted by Crippen LogP contribution is -2.45. The Kier molecular flexibility index (Phi) is 6.18. The van der Waals surface area contributed by atoms with E-state index in [1.807, 2.05) is 30.7 Å². The van der Waals surface area contributed by atoms with Crippen molar-refractivity contribution in [3.8, 4) is 0 Å². The highest BCUT2D eigenvalue weighted by molar-refractivity contribution is 5.83. The van der Waals surface area contributed by atoms with Gasteiger partial charge in [0.1, 0.15) is 6.04 Å². The summed E-state index contributed by atoms with van der Waals surface area (Å²) in [5.41, 5.74) is 4.31. The molecule has 7 heteroatoms. The fraction of sp³-hybridized carbons (Fsp3) is 0.391. The van der Waals surface area contributed by atoms with Crippen LogP contribution in [0.25, 0.3) is 0 Å². The number of aromatic nitrogens is 4. The van der Waals surface area contributed by atoms with E-state index < -0.39 is 0 Å². The molecule has 3 aromatic heterocycles. The maximum atomic E-state index is 13.4.